The van der Waals surface area contributed by atoms with Crippen LogP contribution >= 0.6 is 45.2 Å². The van der Waals surface area contributed by atoms with Gasteiger partial charge >= 0.3 is 11.9 Å². The Labute approximate surface area is 206 Å². The maximum atomic E-state index is 12.3. The van der Waals surface area contributed by atoms with Crippen molar-refractivity contribution in [2.24, 2.45) is 4.99 Å². The molecular weight excluding hydrogens is 626 g/mol. The first-order valence-corrected chi connectivity index (χ1v) is 11.5. The summed E-state index contributed by atoms with van der Waals surface area (Å²) in [5.74, 6) is -0.288. The fraction of sp³-hybridized carbons (Fsp3) is 0.182. The molecule has 0 aromatic heterocycles. The minimum Gasteiger partial charge on any atom is -0.424 e. The third kappa shape index (κ3) is 6.12. The highest BCUT2D eigenvalue weighted by atomic mass is 127. The fourth-order valence-electron chi connectivity index (χ4n) is 2.72. The summed E-state index contributed by atoms with van der Waals surface area (Å²) in [5, 5.41) is 2.68. The van der Waals surface area contributed by atoms with Gasteiger partial charge in [-0.25, -0.2) is 9.79 Å². The molecule has 2 aromatic rings. The van der Waals surface area contributed by atoms with Gasteiger partial charge in [-0.1, -0.05) is 6.92 Å². The number of benzene rings is 2. The predicted octanol–water partition coefficient (Wildman–Crippen LogP) is 4.90. The zero-order valence-electron chi connectivity index (χ0n) is 16.7. The van der Waals surface area contributed by atoms with Crippen LogP contribution < -0.4 is 10.1 Å². The van der Waals surface area contributed by atoms with Crippen LogP contribution in [0.5, 0.6) is 5.75 Å². The van der Waals surface area contributed by atoms with E-state index in [4.69, 9.17) is 9.47 Å². The van der Waals surface area contributed by atoms with Crippen LogP contribution in [0.4, 0.5) is 5.69 Å². The van der Waals surface area contributed by atoms with E-state index in [0.717, 1.165) is 12.7 Å². The van der Waals surface area contributed by atoms with Crippen molar-refractivity contribution in [1.82, 2.24) is 0 Å². The number of carbonyl (C=O) groups excluding carboxylic acids is 3. The van der Waals surface area contributed by atoms with Gasteiger partial charge in [0.15, 0.2) is 11.4 Å². The Kier molecular flexibility index (Phi) is 7.81. The second-order valence-corrected chi connectivity index (χ2v) is 8.96. The molecule has 2 aromatic carbocycles. The molecule has 0 fully saturated rings. The molecule has 1 aliphatic heterocycles. The van der Waals surface area contributed by atoms with E-state index in [0.29, 0.717) is 29.8 Å². The van der Waals surface area contributed by atoms with E-state index in [-0.39, 0.29) is 23.5 Å². The molecule has 3 rings (SSSR count). The monoisotopic (exact) mass is 644 g/mol. The minimum atomic E-state index is -0.551. The van der Waals surface area contributed by atoms with Crippen LogP contribution in [0.25, 0.3) is 6.08 Å². The van der Waals surface area contributed by atoms with Crippen molar-refractivity contribution in [1.29, 1.82) is 0 Å². The molecule has 0 saturated heterocycles. The number of carbonyl (C=O) groups is 3. The second-order valence-electron chi connectivity index (χ2n) is 6.63. The summed E-state index contributed by atoms with van der Waals surface area (Å²) in [7, 11) is 0. The molecule has 31 heavy (non-hydrogen) atoms. The normalized spacial score (nSPS) is 14.3. The topological polar surface area (TPSA) is 94.1 Å². The number of amides is 1. The molecule has 1 N–H and O–H groups in total. The third-order valence-electron chi connectivity index (χ3n) is 4.07. The number of nitrogens with zero attached hydrogens (tertiary/aromatic N) is 1. The molecule has 0 atom stereocenters. The molecule has 0 spiro atoms. The van der Waals surface area contributed by atoms with E-state index < -0.39 is 5.97 Å². The number of hydrogen-bond acceptors (Lipinski definition) is 6. The number of aliphatic imine (C=N–C) groups is 1. The van der Waals surface area contributed by atoms with Gasteiger partial charge in [0.1, 0.15) is 0 Å². The van der Waals surface area contributed by atoms with Crippen molar-refractivity contribution in [3.05, 3.63) is 60.4 Å². The number of cyclic esters (lactones) is 1. The molecule has 0 radical (unpaired) electrons. The predicted molar refractivity (Wildman–Crippen MR) is 134 cm³/mol. The Morgan fingerprint density at radius 3 is 2.39 bits per heavy atom. The van der Waals surface area contributed by atoms with Crippen molar-refractivity contribution in [3.63, 3.8) is 0 Å². The lowest BCUT2D eigenvalue weighted by molar-refractivity contribution is -0.134. The molecule has 1 amide bonds. The summed E-state index contributed by atoms with van der Waals surface area (Å²) in [5.41, 5.74) is 2.17. The van der Waals surface area contributed by atoms with Crippen LogP contribution in [0.2, 0.25) is 0 Å². The van der Waals surface area contributed by atoms with E-state index in [2.05, 4.69) is 55.5 Å². The van der Waals surface area contributed by atoms with Crippen LogP contribution in [-0.4, -0.2) is 23.7 Å². The molecule has 0 aliphatic carbocycles. The van der Waals surface area contributed by atoms with Gasteiger partial charge in [-0.15, -0.1) is 0 Å². The Morgan fingerprint density at radius 2 is 1.81 bits per heavy atom. The lowest BCUT2D eigenvalue weighted by Crippen LogP contribution is -2.09. The molecule has 1 aliphatic rings. The molecule has 1 heterocycles. The Bertz CT molecular complexity index is 1080. The van der Waals surface area contributed by atoms with Gasteiger partial charge in [0.05, 0.1) is 7.14 Å². The van der Waals surface area contributed by atoms with E-state index in [1.54, 1.807) is 30.3 Å². The van der Waals surface area contributed by atoms with Gasteiger partial charge in [-0.05, 0) is 99.6 Å². The largest absolute Gasteiger partial charge is 0.424 e. The highest BCUT2D eigenvalue weighted by Crippen LogP contribution is 2.31. The number of hydrogen-bond donors (Lipinski definition) is 1. The first-order valence-electron chi connectivity index (χ1n) is 9.37. The van der Waals surface area contributed by atoms with Gasteiger partial charge < -0.3 is 14.8 Å². The van der Waals surface area contributed by atoms with Crippen molar-refractivity contribution >= 4 is 80.7 Å². The molecular formula is C22H18I2N2O5. The Balaban J connectivity index is 1.83. The number of nitrogens with one attached hydrogen (secondary N) is 1. The fourth-order valence-corrected chi connectivity index (χ4v) is 4.76. The number of rotatable bonds is 6. The van der Waals surface area contributed by atoms with E-state index >= 15 is 0 Å². The molecule has 0 bridgehead atoms. The standard InChI is InChI=1S/C22H18I2N2O5/c1-3-4-19(28)30-20-16(23)9-13(10-17(20)24)11-18-22(29)31-21(26-18)14-5-7-15(8-6-14)25-12(2)27/h5-11H,3-4H2,1-2H3,(H,25,27)/b18-11-. The number of halogens is 2. The van der Waals surface area contributed by atoms with Gasteiger partial charge in [0.25, 0.3) is 0 Å². The Morgan fingerprint density at radius 1 is 1.16 bits per heavy atom. The number of ether oxygens (including phenoxy) is 2. The van der Waals surface area contributed by atoms with Crippen LogP contribution in [0, 0.1) is 7.14 Å². The summed E-state index contributed by atoms with van der Waals surface area (Å²) in [6, 6.07) is 10.5. The quantitative estimate of drug-likeness (QED) is 0.209. The van der Waals surface area contributed by atoms with Crippen molar-refractivity contribution in [2.45, 2.75) is 26.7 Å². The van der Waals surface area contributed by atoms with Crippen LogP contribution in [0.3, 0.4) is 0 Å². The first-order chi connectivity index (χ1) is 14.8. The zero-order chi connectivity index (χ0) is 22.5. The second kappa shape index (κ2) is 10.4. The van der Waals surface area contributed by atoms with Crippen LogP contribution in [0.1, 0.15) is 37.8 Å². The van der Waals surface area contributed by atoms with Crippen LogP contribution in [0.15, 0.2) is 47.1 Å². The average molecular weight is 644 g/mol. The minimum absolute atomic E-state index is 0.169. The third-order valence-corrected chi connectivity index (χ3v) is 5.67. The van der Waals surface area contributed by atoms with Gasteiger partial charge in [0, 0.05) is 24.6 Å². The van der Waals surface area contributed by atoms with E-state index in [9.17, 15) is 14.4 Å². The summed E-state index contributed by atoms with van der Waals surface area (Å²) < 4.78 is 12.3. The first kappa shape index (κ1) is 23.4. The molecule has 160 valence electrons. The lowest BCUT2D eigenvalue weighted by atomic mass is 10.2. The Hall–Kier alpha value is -2.28. The van der Waals surface area contributed by atoms with E-state index in [1.807, 2.05) is 19.1 Å². The van der Waals surface area contributed by atoms with Crippen LogP contribution in [-0.2, 0) is 19.1 Å². The summed E-state index contributed by atoms with van der Waals surface area (Å²) in [4.78, 5) is 39.6. The molecule has 0 saturated carbocycles. The van der Waals surface area contributed by atoms with Crippen molar-refractivity contribution < 1.29 is 23.9 Å². The summed E-state index contributed by atoms with van der Waals surface area (Å²) in [6.45, 7) is 3.34. The highest BCUT2D eigenvalue weighted by molar-refractivity contribution is 14.1. The highest BCUT2D eigenvalue weighted by Gasteiger charge is 2.24. The van der Waals surface area contributed by atoms with Gasteiger partial charge in [-0.2, -0.15) is 0 Å². The lowest BCUT2D eigenvalue weighted by Gasteiger charge is -2.09. The summed E-state index contributed by atoms with van der Waals surface area (Å²) >= 11 is 4.19. The van der Waals surface area contributed by atoms with Crippen molar-refractivity contribution in [2.75, 3.05) is 5.32 Å². The van der Waals surface area contributed by atoms with E-state index in [1.165, 1.54) is 6.92 Å². The SMILES string of the molecule is CCCC(=O)Oc1c(I)cc(/C=C2\N=C(c3ccc(NC(C)=O)cc3)OC2=O)cc1I. The molecule has 7 nitrogen and oxygen atoms in total. The van der Waals surface area contributed by atoms with Gasteiger partial charge in [0.2, 0.25) is 11.8 Å². The maximum Gasteiger partial charge on any atom is 0.363 e. The molecule has 9 heteroatoms. The number of anilines is 1. The van der Waals surface area contributed by atoms with Gasteiger partial charge in [-0.3, -0.25) is 9.59 Å². The molecule has 0 unspecified atom stereocenters. The van der Waals surface area contributed by atoms with Crippen molar-refractivity contribution in [3.8, 4) is 5.75 Å². The zero-order valence-corrected chi connectivity index (χ0v) is 21.0. The smallest absolute Gasteiger partial charge is 0.363 e. The average Bonchev–Trinajstić information content (AvgIpc) is 3.05. The summed E-state index contributed by atoms with van der Waals surface area (Å²) in [6.07, 6.45) is 2.70. The number of esters is 2. The maximum absolute atomic E-state index is 12.3.